The van der Waals surface area contributed by atoms with Gasteiger partial charge >= 0.3 is 0 Å². The van der Waals surface area contributed by atoms with E-state index >= 15 is 0 Å². The smallest absolute Gasteiger partial charge is 0.177 e. The number of imidazole rings is 1. The number of hydrogen-bond donors (Lipinski definition) is 1. The van der Waals surface area contributed by atoms with Crippen molar-refractivity contribution in [3.05, 3.63) is 46.5 Å². The number of aromatic amines is 1. The fourth-order valence-electron chi connectivity index (χ4n) is 2.18. The van der Waals surface area contributed by atoms with Gasteiger partial charge in [0.1, 0.15) is 5.75 Å². The molecular weight excluding hydrogens is 256 g/mol. The average molecular weight is 276 g/mol. The van der Waals surface area contributed by atoms with E-state index in [1.807, 2.05) is 24.4 Å². The van der Waals surface area contributed by atoms with Crippen LogP contribution in [0.4, 0.5) is 0 Å². The zero-order chi connectivity index (χ0) is 14.0. The van der Waals surface area contributed by atoms with Crippen LogP contribution >= 0.6 is 12.2 Å². The Bertz CT molecular complexity index is 620. The Morgan fingerprint density at radius 1 is 1.26 bits per heavy atom. The largest absolute Gasteiger partial charge is 0.496 e. The summed E-state index contributed by atoms with van der Waals surface area (Å²) in [6, 6.07) is 8.04. The second-order valence-electron chi connectivity index (χ2n) is 5.63. The van der Waals surface area contributed by atoms with Crippen LogP contribution < -0.4 is 4.74 Å². The van der Waals surface area contributed by atoms with Gasteiger partial charge in [-0.15, -0.1) is 0 Å². The lowest BCUT2D eigenvalue weighted by Crippen LogP contribution is -2.18. The fourth-order valence-corrected chi connectivity index (χ4v) is 2.40. The molecule has 1 heterocycles. The van der Waals surface area contributed by atoms with E-state index in [0.29, 0.717) is 0 Å². The predicted octanol–water partition coefficient (Wildman–Crippen LogP) is 3.90. The highest BCUT2D eigenvalue weighted by atomic mass is 32.1. The van der Waals surface area contributed by atoms with Gasteiger partial charge < -0.3 is 14.3 Å². The van der Waals surface area contributed by atoms with E-state index in [1.54, 1.807) is 7.11 Å². The van der Waals surface area contributed by atoms with Crippen molar-refractivity contribution in [3.8, 4) is 5.75 Å². The average Bonchev–Trinajstić information content (AvgIpc) is 2.71. The predicted molar refractivity (Wildman–Crippen MR) is 80.4 cm³/mol. The molecule has 0 aliphatic heterocycles. The lowest BCUT2D eigenvalue weighted by Gasteiger charge is -2.21. The van der Waals surface area contributed by atoms with Crippen LogP contribution in [0.5, 0.6) is 5.75 Å². The minimum Gasteiger partial charge on any atom is -0.496 e. The Morgan fingerprint density at radius 2 is 1.95 bits per heavy atom. The summed E-state index contributed by atoms with van der Waals surface area (Å²) in [5, 5.41) is 0. The van der Waals surface area contributed by atoms with E-state index in [9.17, 15) is 0 Å². The van der Waals surface area contributed by atoms with Crippen LogP contribution in [0.3, 0.4) is 0 Å². The summed E-state index contributed by atoms with van der Waals surface area (Å²) in [5.74, 6) is 0.894. The first kappa shape index (κ1) is 13.9. The summed E-state index contributed by atoms with van der Waals surface area (Å²) in [5.41, 5.74) is 2.38. The van der Waals surface area contributed by atoms with Crippen LogP contribution in [0.25, 0.3) is 0 Å². The normalized spacial score (nSPS) is 11.6. The number of aromatic nitrogens is 2. The molecule has 1 aromatic heterocycles. The third-order valence-corrected chi connectivity index (χ3v) is 3.50. The number of nitrogens with zero attached hydrogens (tertiary/aromatic N) is 1. The fraction of sp³-hybridized carbons (Fsp3) is 0.400. The highest BCUT2D eigenvalue weighted by Gasteiger charge is 2.19. The molecule has 3 nitrogen and oxygen atoms in total. The van der Waals surface area contributed by atoms with Gasteiger partial charge in [-0.3, -0.25) is 0 Å². The van der Waals surface area contributed by atoms with Crippen LogP contribution in [0.15, 0.2) is 30.5 Å². The molecule has 0 unspecified atom stereocenters. The number of para-hydroxylation sites is 1. The van der Waals surface area contributed by atoms with E-state index < -0.39 is 0 Å². The van der Waals surface area contributed by atoms with Crippen molar-refractivity contribution in [3.63, 3.8) is 0 Å². The summed E-state index contributed by atoms with van der Waals surface area (Å²) < 4.78 is 8.28. The van der Waals surface area contributed by atoms with Crippen molar-refractivity contribution >= 4 is 12.2 Å². The van der Waals surface area contributed by atoms with Crippen LogP contribution in [0.2, 0.25) is 0 Å². The SMILES string of the molecule is COc1ccccc1Cn1c(C(C)(C)C)c[nH]c1=S. The van der Waals surface area contributed by atoms with Gasteiger partial charge in [0.25, 0.3) is 0 Å². The molecule has 0 bridgehead atoms. The standard InChI is InChI=1S/C15H20N2OS/c1-15(2,3)13-9-16-14(19)17(13)10-11-7-5-6-8-12(11)18-4/h5-9H,10H2,1-4H3,(H,16,19). The van der Waals surface area contributed by atoms with Crippen molar-refractivity contribution in [1.29, 1.82) is 0 Å². The third-order valence-electron chi connectivity index (χ3n) is 3.16. The van der Waals surface area contributed by atoms with Crippen LogP contribution in [-0.2, 0) is 12.0 Å². The summed E-state index contributed by atoms with van der Waals surface area (Å²) in [6.45, 7) is 7.27. The minimum atomic E-state index is 0.0512. The minimum absolute atomic E-state index is 0.0512. The van der Waals surface area contributed by atoms with Crippen LogP contribution in [0, 0.1) is 4.77 Å². The molecule has 0 amide bonds. The van der Waals surface area contributed by atoms with E-state index in [2.05, 4.69) is 36.4 Å². The van der Waals surface area contributed by atoms with E-state index in [-0.39, 0.29) is 5.41 Å². The van der Waals surface area contributed by atoms with Gasteiger partial charge in [0.2, 0.25) is 0 Å². The number of benzene rings is 1. The van der Waals surface area contributed by atoms with E-state index in [4.69, 9.17) is 17.0 Å². The zero-order valence-electron chi connectivity index (χ0n) is 11.9. The Kier molecular flexibility index (Phi) is 3.80. The Labute approximate surface area is 119 Å². The molecule has 2 aromatic rings. The highest BCUT2D eigenvalue weighted by Crippen LogP contribution is 2.25. The number of H-pyrrole nitrogens is 1. The van der Waals surface area contributed by atoms with Gasteiger partial charge in [-0.2, -0.15) is 0 Å². The molecule has 0 radical (unpaired) electrons. The monoisotopic (exact) mass is 276 g/mol. The molecule has 0 atom stereocenters. The molecule has 0 aliphatic rings. The Balaban J connectivity index is 2.44. The van der Waals surface area contributed by atoms with Gasteiger partial charge in [0.05, 0.1) is 13.7 Å². The maximum Gasteiger partial charge on any atom is 0.177 e. The summed E-state index contributed by atoms with van der Waals surface area (Å²) in [6.07, 6.45) is 2.00. The van der Waals surface area contributed by atoms with Crippen molar-refractivity contribution in [2.75, 3.05) is 7.11 Å². The van der Waals surface area contributed by atoms with Gasteiger partial charge in [-0.1, -0.05) is 39.0 Å². The molecule has 19 heavy (non-hydrogen) atoms. The molecule has 0 saturated heterocycles. The summed E-state index contributed by atoms with van der Waals surface area (Å²) in [4.78, 5) is 3.14. The van der Waals surface area contributed by atoms with Crippen LogP contribution in [0.1, 0.15) is 32.0 Å². The topological polar surface area (TPSA) is 29.9 Å². The molecule has 0 aliphatic carbocycles. The second-order valence-corrected chi connectivity index (χ2v) is 6.01. The van der Waals surface area contributed by atoms with E-state index in [1.165, 1.54) is 5.69 Å². The van der Waals surface area contributed by atoms with Crippen molar-refractivity contribution in [2.24, 2.45) is 0 Å². The maximum absolute atomic E-state index is 5.40. The number of ether oxygens (including phenoxy) is 1. The van der Waals surface area contributed by atoms with Gasteiger partial charge in [-0.25, -0.2) is 0 Å². The molecule has 2 rings (SSSR count). The lowest BCUT2D eigenvalue weighted by molar-refractivity contribution is 0.407. The summed E-state index contributed by atoms with van der Waals surface area (Å²) in [7, 11) is 1.69. The molecule has 0 spiro atoms. The first-order valence-corrected chi connectivity index (χ1v) is 6.75. The molecule has 0 saturated carbocycles. The number of hydrogen-bond acceptors (Lipinski definition) is 2. The maximum atomic E-state index is 5.40. The molecule has 0 fully saturated rings. The van der Waals surface area contributed by atoms with Crippen molar-refractivity contribution in [1.82, 2.24) is 9.55 Å². The molecule has 1 aromatic carbocycles. The first-order chi connectivity index (χ1) is 8.93. The van der Waals surface area contributed by atoms with Crippen LogP contribution in [-0.4, -0.2) is 16.7 Å². The van der Waals surface area contributed by atoms with Gasteiger partial charge in [0, 0.05) is 22.9 Å². The third kappa shape index (κ3) is 2.89. The molecule has 1 N–H and O–H groups in total. The first-order valence-electron chi connectivity index (χ1n) is 6.34. The van der Waals surface area contributed by atoms with Gasteiger partial charge in [0.15, 0.2) is 4.77 Å². The quantitative estimate of drug-likeness (QED) is 0.862. The van der Waals surface area contributed by atoms with E-state index in [0.717, 1.165) is 22.6 Å². The molecule has 102 valence electrons. The zero-order valence-corrected chi connectivity index (χ0v) is 12.7. The number of rotatable bonds is 3. The Hall–Kier alpha value is -1.55. The lowest BCUT2D eigenvalue weighted by atomic mass is 9.92. The van der Waals surface area contributed by atoms with Crippen molar-refractivity contribution in [2.45, 2.75) is 32.7 Å². The molecular formula is C15H20N2OS. The summed E-state index contributed by atoms with van der Waals surface area (Å²) >= 11 is 5.39. The highest BCUT2D eigenvalue weighted by molar-refractivity contribution is 7.71. The van der Waals surface area contributed by atoms with Gasteiger partial charge in [-0.05, 0) is 18.3 Å². The molecule has 4 heteroatoms. The number of nitrogens with one attached hydrogen (secondary N) is 1. The Morgan fingerprint density at radius 3 is 2.58 bits per heavy atom. The second kappa shape index (κ2) is 5.21. The van der Waals surface area contributed by atoms with Crippen molar-refractivity contribution < 1.29 is 4.74 Å². The number of methoxy groups -OCH3 is 1.